The molecule has 0 bridgehead atoms. The zero-order valence-electron chi connectivity index (χ0n) is 17.7. The van der Waals surface area contributed by atoms with Gasteiger partial charge in [-0.15, -0.1) is 0 Å². The van der Waals surface area contributed by atoms with Crippen molar-refractivity contribution >= 4 is 0 Å². The van der Waals surface area contributed by atoms with Gasteiger partial charge in [-0.2, -0.15) is 0 Å². The minimum absolute atomic E-state index is 0.333. The molecule has 0 aromatic heterocycles. The molecule has 0 aliphatic heterocycles. The number of aromatic hydroxyl groups is 1. The summed E-state index contributed by atoms with van der Waals surface area (Å²) >= 11 is 0. The highest BCUT2D eigenvalue weighted by Crippen LogP contribution is 2.41. The Hall–Kier alpha value is -2.54. The Morgan fingerprint density at radius 1 is 0.759 bits per heavy atom. The van der Waals surface area contributed by atoms with E-state index in [0.29, 0.717) is 11.7 Å². The molecule has 1 heteroatoms. The number of phenols is 1. The Morgan fingerprint density at radius 3 is 1.83 bits per heavy atom. The van der Waals surface area contributed by atoms with Crippen LogP contribution in [0, 0.1) is 6.92 Å². The molecule has 0 radical (unpaired) electrons. The molecule has 3 aromatic rings. The van der Waals surface area contributed by atoms with Crippen LogP contribution in [0.15, 0.2) is 66.7 Å². The van der Waals surface area contributed by atoms with Gasteiger partial charge in [0.2, 0.25) is 0 Å². The van der Waals surface area contributed by atoms with Crippen molar-refractivity contribution in [2.75, 3.05) is 0 Å². The molecule has 1 nitrogen and oxygen atoms in total. The van der Waals surface area contributed by atoms with Gasteiger partial charge in [0.15, 0.2) is 0 Å². The van der Waals surface area contributed by atoms with Gasteiger partial charge in [-0.25, -0.2) is 0 Å². The van der Waals surface area contributed by atoms with Crippen LogP contribution >= 0.6 is 0 Å². The molecule has 1 aliphatic carbocycles. The third-order valence-electron chi connectivity index (χ3n) is 6.62. The van der Waals surface area contributed by atoms with E-state index in [0.717, 1.165) is 11.5 Å². The van der Waals surface area contributed by atoms with E-state index in [1.54, 1.807) is 6.07 Å². The lowest BCUT2D eigenvalue weighted by Crippen LogP contribution is -2.12. The van der Waals surface area contributed by atoms with Gasteiger partial charge in [0.1, 0.15) is 5.75 Å². The first-order valence-electron chi connectivity index (χ1n) is 11.1. The summed E-state index contributed by atoms with van der Waals surface area (Å²) in [4.78, 5) is 0. The van der Waals surface area contributed by atoms with Crippen LogP contribution in [0.5, 0.6) is 5.75 Å². The van der Waals surface area contributed by atoms with E-state index in [1.165, 1.54) is 66.3 Å². The first kappa shape index (κ1) is 19.8. The van der Waals surface area contributed by atoms with Crippen LogP contribution in [0.2, 0.25) is 0 Å². The first-order chi connectivity index (χ1) is 14.1. The molecule has 150 valence electrons. The summed E-state index contributed by atoms with van der Waals surface area (Å²) in [7, 11) is 0. The molecule has 29 heavy (non-hydrogen) atoms. The van der Waals surface area contributed by atoms with Gasteiger partial charge < -0.3 is 5.11 Å². The van der Waals surface area contributed by atoms with Crippen molar-refractivity contribution in [3.8, 4) is 16.9 Å². The van der Waals surface area contributed by atoms with Gasteiger partial charge in [-0.05, 0) is 96.4 Å². The Balaban J connectivity index is 1.39. The average molecular weight is 385 g/mol. The van der Waals surface area contributed by atoms with Gasteiger partial charge in [0.25, 0.3) is 0 Å². The molecule has 0 atom stereocenters. The van der Waals surface area contributed by atoms with Crippen LogP contribution in [-0.4, -0.2) is 5.11 Å². The van der Waals surface area contributed by atoms with E-state index in [9.17, 15) is 5.11 Å². The Bertz CT molecular complexity index is 929. The summed E-state index contributed by atoms with van der Waals surface area (Å²) in [5.41, 5.74) is 8.01. The second-order valence-corrected chi connectivity index (χ2v) is 8.66. The maximum atomic E-state index is 9.64. The summed E-state index contributed by atoms with van der Waals surface area (Å²) in [5, 5.41) is 9.64. The van der Waals surface area contributed by atoms with Gasteiger partial charge in [-0.3, -0.25) is 0 Å². The highest BCUT2D eigenvalue weighted by molar-refractivity contribution is 5.68. The minimum Gasteiger partial charge on any atom is -0.508 e. The second kappa shape index (κ2) is 8.86. The van der Waals surface area contributed by atoms with Crippen LogP contribution in [0.25, 0.3) is 11.1 Å². The van der Waals surface area contributed by atoms with Crippen molar-refractivity contribution in [2.24, 2.45) is 0 Å². The molecular formula is C28H32O. The standard InChI is InChI=1S/C28H32O/c1-3-4-21-5-7-22(8-6-21)23-9-11-24(12-10-23)25-13-15-26(16-14-25)28-18-17-27(29)19-20(28)2/h5-8,13-19,23-24,29H,3-4,9-12H2,1-2H3. The summed E-state index contributed by atoms with van der Waals surface area (Å²) in [6.07, 6.45) is 7.54. The monoisotopic (exact) mass is 384 g/mol. The van der Waals surface area contributed by atoms with Gasteiger partial charge in [0, 0.05) is 0 Å². The molecule has 0 heterocycles. The van der Waals surface area contributed by atoms with Crippen LogP contribution in [0.1, 0.15) is 73.1 Å². The zero-order valence-corrected chi connectivity index (χ0v) is 17.7. The van der Waals surface area contributed by atoms with Gasteiger partial charge >= 0.3 is 0 Å². The second-order valence-electron chi connectivity index (χ2n) is 8.66. The normalized spacial score (nSPS) is 19.2. The summed E-state index contributed by atoms with van der Waals surface area (Å²) < 4.78 is 0. The topological polar surface area (TPSA) is 20.2 Å². The van der Waals surface area contributed by atoms with Crippen molar-refractivity contribution in [1.82, 2.24) is 0 Å². The molecule has 0 amide bonds. The lowest BCUT2D eigenvalue weighted by Gasteiger charge is -2.29. The first-order valence-corrected chi connectivity index (χ1v) is 11.1. The van der Waals surface area contributed by atoms with Crippen LogP contribution in [0.3, 0.4) is 0 Å². The molecule has 0 saturated heterocycles. The Labute approximate surface area is 175 Å². The van der Waals surface area contributed by atoms with E-state index < -0.39 is 0 Å². The maximum absolute atomic E-state index is 9.64. The van der Waals surface area contributed by atoms with E-state index in [1.807, 2.05) is 12.1 Å². The zero-order chi connectivity index (χ0) is 20.2. The maximum Gasteiger partial charge on any atom is 0.115 e. The number of hydrogen-bond donors (Lipinski definition) is 1. The number of benzene rings is 3. The number of hydrogen-bond acceptors (Lipinski definition) is 1. The number of phenolic OH excluding ortho intramolecular Hbond substituents is 1. The lowest BCUT2D eigenvalue weighted by molar-refractivity contribution is 0.396. The summed E-state index contributed by atoms with van der Waals surface area (Å²) in [6, 6.07) is 24.1. The van der Waals surface area contributed by atoms with Gasteiger partial charge in [0.05, 0.1) is 0 Å². The van der Waals surface area contributed by atoms with Crippen LogP contribution in [0.4, 0.5) is 0 Å². The average Bonchev–Trinajstić information content (AvgIpc) is 2.75. The fraction of sp³-hybridized carbons (Fsp3) is 0.357. The molecule has 0 spiro atoms. The summed E-state index contributed by atoms with van der Waals surface area (Å²) in [6.45, 7) is 4.30. The van der Waals surface area contributed by atoms with E-state index in [-0.39, 0.29) is 0 Å². The predicted octanol–water partition coefficient (Wildman–Crippen LogP) is 7.76. The SMILES string of the molecule is CCCc1ccc(C2CCC(c3ccc(-c4ccc(O)cc4C)cc3)CC2)cc1. The number of rotatable bonds is 5. The molecule has 1 aliphatic rings. The molecule has 1 saturated carbocycles. The van der Waals surface area contributed by atoms with E-state index >= 15 is 0 Å². The molecule has 3 aromatic carbocycles. The van der Waals surface area contributed by atoms with Crippen molar-refractivity contribution in [3.63, 3.8) is 0 Å². The van der Waals surface area contributed by atoms with Crippen molar-refractivity contribution in [3.05, 3.63) is 89.0 Å². The molecule has 1 fully saturated rings. The quantitative estimate of drug-likeness (QED) is 0.476. The predicted molar refractivity (Wildman–Crippen MR) is 123 cm³/mol. The fourth-order valence-corrected chi connectivity index (χ4v) is 4.91. The Morgan fingerprint density at radius 2 is 1.31 bits per heavy atom. The summed E-state index contributed by atoms with van der Waals surface area (Å²) in [5.74, 6) is 1.74. The molecular weight excluding hydrogens is 352 g/mol. The smallest absolute Gasteiger partial charge is 0.115 e. The highest BCUT2D eigenvalue weighted by Gasteiger charge is 2.23. The lowest BCUT2D eigenvalue weighted by atomic mass is 9.76. The molecule has 4 rings (SSSR count). The largest absolute Gasteiger partial charge is 0.508 e. The highest BCUT2D eigenvalue weighted by atomic mass is 16.3. The Kier molecular flexibility index (Phi) is 6.04. The van der Waals surface area contributed by atoms with Gasteiger partial charge in [-0.1, -0.05) is 67.9 Å². The van der Waals surface area contributed by atoms with E-state index in [4.69, 9.17) is 0 Å². The van der Waals surface area contributed by atoms with Crippen LogP contribution < -0.4 is 0 Å². The minimum atomic E-state index is 0.333. The van der Waals surface area contributed by atoms with E-state index in [2.05, 4.69) is 62.4 Å². The molecule has 0 unspecified atom stereocenters. The fourth-order valence-electron chi connectivity index (χ4n) is 4.91. The number of aryl methyl sites for hydroxylation is 2. The molecule has 1 N–H and O–H groups in total. The van der Waals surface area contributed by atoms with Crippen molar-refractivity contribution in [1.29, 1.82) is 0 Å². The van der Waals surface area contributed by atoms with Crippen molar-refractivity contribution in [2.45, 2.75) is 64.2 Å². The third kappa shape index (κ3) is 4.56. The van der Waals surface area contributed by atoms with Crippen LogP contribution in [-0.2, 0) is 6.42 Å². The third-order valence-corrected chi connectivity index (χ3v) is 6.62. The van der Waals surface area contributed by atoms with Crippen molar-refractivity contribution < 1.29 is 5.11 Å².